The van der Waals surface area contributed by atoms with E-state index >= 15 is 0 Å². The second kappa shape index (κ2) is 10.4. The predicted molar refractivity (Wildman–Crippen MR) is 124 cm³/mol. The van der Waals surface area contributed by atoms with Crippen molar-refractivity contribution in [1.29, 1.82) is 0 Å². The molecule has 3 amide bonds. The largest absolute Gasteiger partial charge is 0.359 e. The van der Waals surface area contributed by atoms with E-state index in [1.807, 2.05) is 48.5 Å². The number of carbonyl (C=O) groups is 3. The zero-order valence-electron chi connectivity index (χ0n) is 18.3. The predicted octanol–water partition coefficient (Wildman–Crippen LogP) is 2.87. The Kier molecular flexibility index (Phi) is 7.39. The standard InChI is InChI=1S/C26H26N3O3/c1-27-24(30)19-15-13-18(14-16-19)22(20-11-7-8-12-21(20)25(31)28-2)23(26(32)29-3)17-9-5-4-6-10-17/h4-7,9-16,22-23H,1-3H3,(H,27,30)(H,28,31)(H,29,32). The molecule has 3 aromatic carbocycles. The minimum atomic E-state index is -0.599. The highest BCUT2D eigenvalue weighted by molar-refractivity contribution is 5.97. The van der Waals surface area contributed by atoms with E-state index in [-0.39, 0.29) is 17.7 Å². The Morgan fingerprint density at radius 1 is 0.750 bits per heavy atom. The molecule has 1 radical (unpaired) electrons. The number of amides is 3. The van der Waals surface area contributed by atoms with E-state index in [1.165, 1.54) is 0 Å². The molecule has 0 aromatic heterocycles. The van der Waals surface area contributed by atoms with Crippen LogP contribution < -0.4 is 16.0 Å². The molecule has 6 nitrogen and oxygen atoms in total. The summed E-state index contributed by atoms with van der Waals surface area (Å²) in [5, 5.41) is 8.05. The number of benzene rings is 3. The maximum absolute atomic E-state index is 13.2. The van der Waals surface area contributed by atoms with Crippen molar-refractivity contribution in [2.24, 2.45) is 0 Å². The zero-order valence-corrected chi connectivity index (χ0v) is 18.3. The number of hydrogen-bond donors (Lipinski definition) is 3. The van der Waals surface area contributed by atoms with Crippen molar-refractivity contribution in [1.82, 2.24) is 16.0 Å². The molecule has 3 aromatic rings. The Morgan fingerprint density at radius 3 is 2.00 bits per heavy atom. The van der Waals surface area contributed by atoms with Crippen molar-refractivity contribution in [3.63, 3.8) is 0 Å². The van der Waals surface area contributed by atoms with Gasteiger partial charge in [0.1, 0.15) is 0 Å². The van der Waals surface area contributed by atoms with E-state index in [1.54, 1.807) is 45.4 Å². The minimum absolute atomic E-state index is 0.174. The fourth-order valence-electron chi connectivity index (χ4n) is 3.89. The van der Waals surface area contributed by atoms with Crippen LogP contribution in [0.15, 0.2) is 72.8 Å². The van der Waals surface area contributed by atoms with Crippen molar-refractivity contribution in [3.8, 4) is 0 Å². The third kappa shape index (κ3) is 4.70. The molecule has 2 atom stereocenters. The van der Waals surface area contributed by atoms with E-state index in [0.29, 0.717) is 16.7 Å². The molecular formula is C26H26N3O3. The summed E-state index contributed by atoms with van der Waals surface area (Å²) in [6.45, 7) is 0. The van der Waals surface area contributed by atoms with Crippen LogP contribution in [0.4, 0.5) is 0 Å². The fourth-order valence-corrected chi connectivity index (χ4v) is 3.89. The highest BCUT2D eigenvalue weighted by Gasteiger charge is 2.34. The third-order valence-corrected chi connectivity index (χ3v) is 5.48. The van der Waals surface area contributed by atoms with Crippen LogP contribution in [0.3, 0.4) is 0 Å². The summed E-state index contributed by atoms with van der Waals surface area (Å²) < 4.78 is 0. The van der Waals surface area contributed by atoms with Gasteiger partial charge < -0.3 is 16.0 Å². The molecule has 32 heavy (non-hydrogen) atoms. The number of rotatable bonds is 7. The molecule has 6 heteroatoms. The SMILES string of the molecule is CNC(=O)c1ccc(C(c2cc[c]cc2C(=O)NC)C(C(=O)NC)c2ccccc2)cc1. The normalized spacial score (nSPS) is 12.3. The molecule has 0 bridgehead atoms. The fraction of sp³-hybridized carbons (Fsp3) is 0.192. The molecule has 0 aliphatic heterocycles. The quantitative estimate of drug-likeness (QED) is 0.541. The smallest absolute Gasteiger partial charge is 0.251 e. The lowest BCUT2D eigenvalue weighted by molar-refractivity contribution is -0.122. The first-order valence-electron chi connectivity index (χ1n) is 10.3. The first-order valence-corrected chi connectivity index (χ1v) is 10.3. The van der Waals surface area contributed by atoms with Crippen molar-refractivity contribution in [2.75, 3.05) is 21.1 Å². The zero-order chi connectivity index (χ0) is 23.1. The van der Waals surface area contributed by atoms with Gasteiger partial charge in [-0.2, -0.15) is 0 Å². The molecule has 0 fully saturated rings. The number of hydrogen-bond acceptors (Lipinski definition) is 3. The van der Waals surface area contributed by atoms with Crippen LogP contribution in [-0.2, 0) is 4.79 Å². The van der Waals surface area contributed by atoms with Gasteiger partial charge in [-0.05, 0) is 41.0 Å². The van der Waals surface area contributed by atoms with Crippen molar-refractivity contribution in [3.05, 3.63) is 107 Å². The molecule has 2 unspecified atom stereocenters. The minimum Gasteiger partial charge on any atom is -0.359 e. The maximum atomic E-state index is 13.2. The maximum Gasteiger partial charge on any atom is 0.251 e. The molecule has 0 heterocycles. The summed E-state index contributed by atoms with van der Waals surface area (Å²) >= 11 is 0. The van der Waals surface area contributed by atoms with Crippen LogP contribution in [0.1, 0.15) is 49.2 Å². The van der Waals surface area contributed by atoms with Crippen LogP contribution in [0, 0.1) is 6.07 Å². The van der Waals surface area contributed by atoms with Gasteiger partial charge in [-0.15, -0.1) is 0 Å². The van der Waals surface area contributed by atoms with Crippen LogP contribution in [-0.4, -0.2) is 38.9 Å². The highest BCUT2D eigenvalue weighted by Crippen LogP contribution is 2.40. The Labute approximate surface area is 188 Å². The van der Waals surface area contributed by atoms with E-state index in [4.69, 9.17) is 0 Å². The number of likely N-dealkylation sites (N-methyl/N-ethyl adjacent to an activating group) is 1. The van der Waals surface area contributed by atoms with Gasteiger partial charge in [0.2, 0.25) is 5.91 Å². The second-order valence-electron chi connectivity index (χ2n) is 7.27. The monoisotopic (exact) mass is 428 g/mol. The molecule has 3 rings (SSSR count). The summed E-state index contributed by atoms with van der Waals surface area (Å²) in [5.41, 5.74) is 3.29. The summed E-state index contributed by atoms with van der Waals surface area (Å²) in [7, 11) is 4.74. The first kappa shape index (κ1) is 22.7. The van der Waals surface area contributed by atoms with Gasteiger partial charge in [0, 0.05) is 38.2 Å². The van der Waals surface area contributed by atoms with Crippen LogP contribution in [0.5, 0.6) is 0 Å². The number of carbonyl (C=O) groups excluding carboxylic acids is 3. The molecular weight excluding hydrogens is 402 g/mol. The molecule has 0 saturated heterocycles. The second-order valence-corrected chi connectivity index (χ2v) is 7.27. The van der Waals surface area contributed by atoms with Crippen LogP contribution in [0.2, 0.25) is 0 Å². The van der Waals surface area contributed by atoms with Gasteiger partial charge in [-0.1, -0.05) is 54.6 Å². The van der Waals surface area contributed by atoms with Crippen molar-refractivity contribution >= 4 is 17.7 Å². The topological polar surface area (TPSA) is 87.3 Å². The lowest BCUT2D eigenvalue weighted by Gasteiger charge is -2.29. The van der Waals surface area contributed by atoms with Crippen LogP contribution >= 0.6 is 0 Å². The van der Waals surface area contributed by atoms with E-state index in [0.717, 1.165) is 11.1 Å². The molecule has 163 valence electrons. The highest BCUT2D eigenvalue weighted by atomic mass is 16.2. The molecule has 0 spiro atoms. The van der Waals surface area contributed by atoms with E-state index in [2.05, 4.69) is 22.0 Å². The first-order chi connectivity index (χ1) is 15.5. The molecule has 0 aliphatic carbocycles. The summed E-state index contributed by atoms with van der Waals surface area (Å²) in [5.74, 6) is -1.70. The third-order valence-electron chi connectivity index (χ3n) is 5.48. The summed E-state index contributed by atoms with van der Waals surface area (Å²) in [6.07, 6.45) is 0. The Morgan fingerprint density at radius 2 is 1.41 bits per heavy atom. The lowest BCUT2D eigenvalue weighted by Crippen LogP contribution is -2.32. The van der Waals surface area contributed by atoms with E-state index < -0.39 is 11.8 Å². The van der Waals surface area contributed by atoms with Gasteiger partial charge in [-0.25, -0.2) is 0 Å². The van der Waals surface area contributed by atoms with Gasteiger partial charge in [0.05, 0.1) is 5.92 Å². The van der Waals surface area contributed by atoms with Crippen molar-refractivity contribution < 1.29 is 14.4 Å². The van der Waals surface area contributed by atoms with Gasteiger partial charge in [0.25, 0.3) is 11.8 Å². The van der Waals surface area contributed by atoms with Gasteiger partial charge in [-0.3, -0.25) is 14.4 Å². The summed E-state index contributed by atoms with van der Waals surface area (Å²) in [4.78, 5) is 37.9. The molecule has 3 N–H and O–H groups in total. The Bertz CT molecular complexity index is 1090. The van der Waals surface area contributed by atoms with Gasteiger partial charge >= 0.3 is 0 Å². The Hall–Kier alpha value is -3.93. The average Bonchev–Trinajstić information content (AvgIpc) is 2.86. The molecule has 0 aliphatic rings. The van der Waals surface area contributed by atoms with Crippen molar-refractivity contribution in [2.45, 2.75) is 11.8 Å². The van der Waals surface area contributed by atoms with E-state index in [9.17, 15) is 14.4 Å². The lowest BCUT2D eigenvalue weighted by atomic mass is 9.75. The number of nitrogens with one attached hydrogen (secondary N) is 3. The summed E-state index contributed by atoms with van der Waals surface area (Å²) in [6, 6.07) is 24.7. The Balaban J connectivity index is 2.25. The molecule has 0 saturated carbocycles. The average molecular weight is 429 g/mol. The van der Waals surface area contributed by atoms with Crippen LogP contribution in [0.25, 0.3) is 0 Å². The van der Waals surface area contributed by atoms with Gasteiger partial charge in [0.15, 0.2) is 0 Å².